The number of hydrogen-bond donors (Lipinski definition) is 1. The summed E-state index contributed by atoms with van der Waals surface area (Å²) < 4.78 is 6.92. The van der Waals surface area contributed by atoms with Crippen LogP contribution >= 0.6 is 0 Å². The monoisotopic (exact) mass is 254 g/mol. The first-order valence-corrected chi connectivity index (χ1v) is 6.05. The summed E-state index contributed by atoms with van der Waals surface area (Å²) in [5.41, 5.74) is 1.02. The van der Waals surface area contributed by atoms with Crippen LogP contribution in [-0.2, 0) is 23.1 Å². The molecule has 0 aliphatic rings. The molecule has 0 spiro atoms. The predicted octanol–water partition coefficient (Wildman–Crippen LogP) is 0.527. The van der Waals surface area contributed by atoms with Crippen LogP contribution in [0.1, 0.15) is 19.5 Å². The van der Waals surface area contributed by atoms with Crippen LogP contribution in [0.4, 0.5) is 5.95 Å². The summed E-state index contributed by atoms with van der Waals surface area (Å²) in [7, 11) is 5.84. The summed E-state index contributed by atoms with van der Waals surface area (Å²) in [5.74, 6) is 0.656. The molecule has 6 nitrogen and oxygen atoms in total. The summed E-state index contributed by atoms with van der Waals surface area (Å²) >= 11 is 0. The Bertz CT molecular complexity index is 401. The molecule has 0 fully saturated rings. The minimum Gasteiger partial charge on any atom is -0.465 e. The predicted molar refractivity (Wildman–Crippen MR) is 70.5 cm³/mol. The maximum Gasteiger partial charge on any atom is 0.322 e. The Balaban J connectivity index is 2.56. The molecule has 0 saturated heterocycles. The highest BCUT2D eigenvalue weighted by molar-refractivity contribution is 5.75. The van der Waals surface area contributed by atoms with Gasteiger partial charge in [-0.1, -0.05) is 0 Å². The Morgan fingerprint density at radius 2 is 2.28 bits per heavy atom. The van der Waals surface area contributed by atoms with Gasteiger partial charge in [0.2, 0.25) is 5.95 Å². The van der Waals surface area contributed by atoms with Crippen molar-refractivity contribution in [3.8, 4) is 0 Å². The molecule has 0 aliphatic heterocycles. The molecule has 0 aromatic carbocycles. The van der Waals surface area contributed by atoms with Crippen molar-refractivity contribution in [2.45, 2.75) is 26.4 Å². The third-order valence-electron chi connectivity index (χ3n) is 2.69. The van der Waals surface area contributed by atoms with Crippen molar-refractivity contribution in [2.75, 3.05) is 25.6 Å². The lowest BCUT2D eigenvalue weighted by Gasteiger charge is -2.15. The first kappa shape index (κ1) is 14.5. The number of nitrogens with one attached hydrogen (secondary N) is 1. The smallest absolute Gasteiger partial charge is 0.322 e. The second kappa shape index (κ2) is 6.39. The van der Waals surface area contributed by atoms with Crippen LogP contribution in [0.3, 0.4) is 0 Å². The Kier molecular flexibility index (Phi) is 5.15. The average molecular weight is 254 g/mol. The number of esters is 1. The third kappa shape index (κ3) is 3.46. The molecule has 18 heavy (non-hydrogen) atoms. The lowest BCUT2D eigenvalue weighted by Crippen LogP contribution is -2.35. The van der Waals surface area contributed by atoms with Gasteiger partial charge in [-0.3, -0.25) is 10.1 Å². The minimum absolute atomic E-state index is 0.229. The number of nitrogens with zero attached hydrogens (tertiary/aromatic N) is 3. The van der Waals surface area contributed by atoms with Gasteiger partial charge in [0, 0.05) is 27.7 Å². The van der Waals surface area contributed by atoms with Gasteiger partial charge in [0.1, 0.15) is 6.04 Å². The summed E-state index contributed by atoms with van der Waals surface area (Å²) in [4.78, 5) is 17.7. The average Bonchev–Trinajstić information content (AvgIpc) is 2.68. The molecule has 0 bridgehead atoms. The largest absolute Gasteiger partial charge is 0.465 e. The molecule has 6 heteroatoms. The SMILES string of the molecule is CCOC(=O)C(C)NCc1cnc(N(C)C)n1C. The van der Waals surface area contributed by atoms with Crippen molar-refractivity contribution in [3.05, 3.63) is 11.9 Å². The maximum absolute atomic E-state index is 11.4. The number of rotatable bonds is 6. The normalized spacial score (nSPS) is 12.3. The highest BCUT2D eigenvalue weighted by atomic mass is 16.5. The van der Waals surface area contributed by atoms with E-state index in [1.54, 1.807) is 20.0 Å². The molecule has 0 aliphatic carbocycles. The zero-order valence-electron chi connectivity index (χ0n) is 11.7. The van der Waals surface area contributed by atoms with Crippen molar-refractivity contribution >= 4 is 11.9 Å². The Morgan fingerprint density at radius 3 is 2.78 bits per heavy atom. The van der Waals surface area contributed by atoms with Crippen LogP contribution in [0.5, 0.6) is 0 Å². The second-order valence-electron chi connectivity index (χ2n) is 4.36. The van der Waals surface area contributed by atoms with Gasteiger partial charge in [-0.2, -0.15) is 0 Å². The van der Waals surface area contributed by atoms with E-state index in [2.05, 4.69) is 10.3 Å². The summed E-state index contributed by atoms with van der Waals surface area (Å²) in [6.45, 7) is 4.58. The Morgan fingerprint density at radius 1 is 1.61 bits per heavy atom. The summed E-state index contributed by atoms with van der Waals surface area (Å²) in [6.07, 6.45) is 1.81. The number of carbonyl (C=O) groups excluding carboxylic acids is 1. The molecule has 0 radical (unpaired) electrons. The Hall–Kier alpha value is -1.56. The Labute approximate surface area is 108 Å². The van der Waals surface area contributed by atoms with Gasteiger partial charge in [-0.15, -0.1) is 0 Å². The van der Waals surface area contributed by atoms with E-state index in [9.17, 15) is 4.79 Å². The number of ether oxygens (including phenoxy) is 1. The van der Waals surface area contributed by atoms with Crippen LogP contribution < -0.4 is 10.2 Å². The van der Waals surface area contributed by atoms with Crippen molar-refractivity contribution < 1.29 is 9.53 Å². The van der Waals surface area contributed by atoms with Crippen LogP contribution in [0, 0.1) is 0 Å². The fourth-order valence-corrected chi connectivity index (χ4v) is 1.62. The van der Waals surface area contributed by atoms with Gasteiger partial charge < -0.3 is 14.2 Å². The number of carbonyl (C=O) groups is 1. The molecule has 1 aromatic heterocycles. The van der Waals surface area contributed by atoms with E-state index in [1.165, 1.54) is 0 Å². The second-order valence-corrected chi connectivity index (χ2v) is 4.36. The molecule has 1 rings (SSSR count). The van der Waals surface area contributed by atoms with E-state index >= 15 is 0 Å². The topological polar surface area (TPSA) is 59.4 Å². The first-order valence-electron chi connectivity index (χ1n) is 6.05. The first-order chi connectivity index (χ1) is 8.47. The van der Waals surface area contributed by atoms with Crippen molar-refractivity contribution in [1.29, 1.82) is 0 Å². The van der Waals surface area contributed by atoms with Crippen LogP contribution in [0.15, 0.2) is 6.20 Å². The van der Waals surface area contributed by atoms with Gasteiger partial charge in [0.15, 0.2) is 0 Å². The molecule has 1 N–H and O–H groups in total. The highest BCUT2D eigenvalue weighted by Gasteiger charge is 2.14. The number of anilines is 1. The zero-order chi connectivity index (χ0) is 13.7. The number of hydrogen-bond acceptors (Lipinski definition) is 5. The van der Waals surface area contributed by atoms with Gasteiger partial charge in [-0.05, 0) is 13.8 Å². The summed E-state index contributed by atoms with van der Waals surface area (Å²) in [5, 5.41) is 3.12. The molecule has 1 heterocycles. The van der Waals surface area contributed by atoms with E-state index in [-0.39, 0.29) is 12.0 Å². The van der Waals surface area contributed by atoms with E-state index < -0.39 is 0 Å². The fraction of sp³-hybridized carbons (Fsp3) is 0.667. The molecule has 1 atom stereocenters. The van der Waals surface area contributed by atoms with Gasteiger partial charge in [0.25, 0.3) is 0 Å². The lowest BCUT2D eigenvalue weighted by atomic mass is 10.3. The fourth-order valence-electron chi connectivity index (χ4n) is 1.62. The quantitative estimate of drug-likeness (QED) is 0.750. The van der Waals surface area contributed by atoms with Crippen LogP contribution in [0.2, 0.25) is 0 Å². The van der Waals surface area contributed by atoms with Gasteiger partial charge >= 0.3 is 5.97 Å². The maximum atomic E-state index is 11.4. The molecular formula is C12H22N4O2. The number of imidazole rings is 1. The van der Waals surface area contributed by atoms with Crippen molar-refractivity contribution in [1.82, 2.24) is 14.9 Å². The van der Waals surface area contributed by atoms with Crippen LogP contribution in [0.25, 0.3) is 0 Å². The molecule has 1 aromatic rings. The standard InChI is InChI=1S/C12H22N4O2/c1-6-18-11(17)9(2)13-7-10-8-14-12(15(3)4)16(10)5/h8-9,13H,6-7H2,1-5H3. The molecule has 1 unspecified atom stereocenters. The van der Waals surface area contributed by atoms with Gasteiger partial charge in [0.05, 0.1) is 18.5 Å². The molecule has 0 amide bonds. The van der Waals surface area contributed by atoms with Crippen molar-refractivity contribution in [2.24, 2.45) is 7.05 Å². The van der Waals surface area contributed by atoms with Crippen molar-refractivity contribution in [3.63, 3.8) is 0 Å². The van der Waals surface area contributed by atoms with Gasteiger partial charge in [-0.25, -0.2) is 4.98 Å². The van der Waals surface area contributed by atoms with E-state index in [0.29, 0.717) is 13.2 Å². The number of aromatic nitrogens is 2. The summed E-state index contributed by atoms with van der Waals surface area (Å²) in [6, 6.07) is -0.317. The lowest BCUT2D eigenvalue weighted by molar-refractivity contribution is -0.145. The highest BCUT2D eigenvalue weighted by Crippen LogP contribution is 2.10. The molecule has 0 saturated carbocycles. The van der Waals surface area contributed by atoms with E-state index in [1.807, 2.05) is 30.6 Å². The van der Waals surface area contributed by atoms with E-state index in [0.717, 1.165) is 11.6 Å². The molecular weight excluding hydrogens is 232 g/mol. The zero-order valence-corrected chi connectivity index (χ0v) is 11.7. The van der Waals surface area contributed by atoms with Crippen LogP contribution in [-0.4, -0.2) is 42.3 Å². The molecule has 102 valence electrons. The van der Waals surface area contributed by atoms with E-state index in [4.69, 9.17) is 4.74 Å². The minimum atomic E-state index is -0.317. The third-order valence-corrected chi connectivity index (χ3v) is 2.69.